The lowest BCUT2D eigenvalue weighted by atomic mass is 9.63. The standard InChI is InChI=1S/C30H32N4O3S2/c1-19(35)34-14-12-30(37,13-15-34)27-32-16-23(38-27)26-33-24(25(39-26)21-6-4-3-5-7-21)20-8-10-22(11-9-20)29(31)17-28(2,36)18-29/h3-11,16,36-37H,12-15,17-18,31H2,1-2H3/t28-,29-. The Balaban J connectivity index is 1.32. The molecule has 2 aromatic carbocycles. The van der Waals surface area contributed by atoms with Crippen molar-refractivity contribution < 1.29 is 15.0 Å². The van der Waals surface area contributed by atoms with Gasteiger partial charge in [-0.2, -0.15) is 0 Å². The van der Waals surface area contributed by atoms with Crippen molar-refractivity contribution in [2.75, 3.05) is 13.1 Å². The Kier molecular flexibility index (Phi) is 6.47. The average Bonchev–Trinajstić information content (AvgIpc) is 3.57. The molecule has 39 heavy (non-hydrogen) atoms. The summed E-state index contributed by atoms with van der Waals surface area (Å²) in [6, 6.07) is 18.4. The molecule has 0 atom stereocenters. The molecule has 0 unspecified atom stereocenters. The summed E-state index contributed by atoms with van der Waals surface area (Å²) in [5.41, 5.74) is 8.32. The first kappa shape index (κ1) is 26.3. The van der Waals surface area contributed by atoms with Gasteiger partial charge in [-0.1, -0.05) is 54.6 Å². The summed E-state index contributed by atoms with van der Waals surface area (Å²) in [5, 5.41) is 23.1. The highest BCUT2D eigenvalue weighted by Gasteiger charge is 2.49. The van der Waals surface area contributed by atoms with Gasteiger partial charge in [0.05, 0.1) is 21.0 Å². The summed E-state index contributed by atoms with van der Waals surface area (Å²) in [7, 11) is 0. The minimum absolute atomic E-state index is 0.0369. The smallest absolute Gasteiger partial charge is 0.219 e. The lowest BCUT2D eigenvalue weighted by Crippen LogP contribution is -2.58. The van der Waals surface area contributed by atoms with Crippen LogP contribution in [0.5, 0.6) is 0 Å². The molecule has 1 aliphatic heterocycles. The molecule has 1 aliphatic carbocycles. The number of aliphatic hydroxyl groups is 2. The van der Waals surface area contributed by atoms with Gasteiger partial charge in [-0.05, 0) is 30.9 Å². The van der Waals surface area contributed by atoms with E-state index >= 15 is 0 Å². The zero-order chi connectivity index (χ0) is 27.4. The topological polar surface area (TPSA) is 113 Å². The maximum atomic E-state index is 11.7. The molecule has 3 heterocycles. The fourth-order valence-electron chi connectivity index (χ4n) is 5.87. The van der Waals surface area contributed by atoms with Crippen LogP contribution in [0.1, 0.15) is 50.1 Å². The molecule has 7 nitrogen and oxygen atoms in total. The summed E-state index contributed by atoms with van der Waals surface area (Å²) in [5.74, 6) is 0.0369. The highest BCUT2D eigenvalue weighted by atomic mass is 32.1. The quantitative estimate of drug-likeness (QED) is 0.312. The largest absolute Gasteiger partial charge is 0.390 e. The van der Waals surface area contributed by atoms with E-state index in [9.17, 15) is 15.0 Å². The molecule has 0 spiro atoms. The lowest BCUT2D eigenvalue weighted by molar-refractivity contribution is -0.133. The number of nitrogens with two attached hydrogens (primary N) is 1. The van der Waals surface area contributed by atoms with Crippen LogP contribution in [0.15, 0.2) is 60.8 Å². The Morgan fingerprint density at radius 1 is 0.974 bits per heavy atom. The second-order valence-electron chi connectivity index (χ2n) is 11.2. The van der Waals surface area contributed by atoms with E-state index in [1.807, 2.05) is 37.3 Å². The van der Waals surface area contributed by atoms with Crippen molar-refractivity contribution in [2.45, 2.75) is 56.3 Å². The number of benzene rings is 2. The van der Waals surface area contributed by atoms with Crippen molar-refractivity contribution in [3.8, 4) is 31.6 Å². The zero-order valence-corrected chi connectivity index (χ0v) is 23.7. The van der Waals surface area contributed by atoms with Crippen molar-refractivity contribution in [1.29, 1.82) is 0 Å². The van der Waals surface area contributed by atoms with Crippen LogP contribution in [0.3, 0.4) is 0 Å². The van der Waals surface area contributed by atoms with Gasteiger partial charge in [0.2, 0.25) is 5.91 Å². The van der Waals surface area contributed by atoms with E-state index in [-0.39, 0.29) is 5.91 Å². The molecular weight excluding hydrogens is 528 g/mol. The van der Waals surface area contributed by atoms with Crippen LogP contribution in [0.4, 0.5) is 0 Å². The molecular formula is C30H32N4O3S2. The zero-order valence-electron chi connectivity index (χ0n) is 22.1. The number of likely N-dealkylation sites (tertiary alicyclic amines) is 1. The van der Waals surface area contributed by atoms with Crippen molar-refractivity contribution in [2.24, 2.45) is 5.73 Å². The number of rotatable bonds is 5. The summed E-state index contributed by atoms with van der Waals surface area (Å²) in [6.07, 6.45) is 3.84. The van der Waals surface area contributed by atoms with Gasteiger partial charge in [0.25, 0.3) is 0 Å². The van der Waals surface area contributed by atoms with Gasteiger partial charge in [0, 0.05) is 50.2 Å². The van der Waals surface area contributed by atoms with Crippen molar-refractivity contribution in [3.63, 3.8) is 0 Å². The minimum atomic E-state index is -1.03. The molecule has 2 aromatic heterocycles. The average molecular weight is 561 g/mol. The minimum Gasteiger partial charge on any atom is -0.390 e. The summed E-state index contributed by atoms with van der Waals surface area (Å²) < 4.78 is 0. The van der Waals surface area contributed by atoms with Gasteiger partial charge in [0.15, 0.2) is 0 Å². The SMILES string of the molecule is CC(=O)N1CCC(O)(c2ncc(-c3nc(-c4ccc([C@]5(N)C[C@](C)(O)C5)cc4)c(-c4ccccc4)s3)s2)CC1. The predicted molar refractivity (Wildman–Crippen MR) is 155 cm³/mol. The van der Waals surface area contributed by atoms with Crippen molar-refractivity contribution >= 4 is 28.6 Å². The van der Waals surface area contributed by atoms with Gasteiger partial charge in [-0.25, -0.2) is 9.97 Å². The number of piperidine rings is 1. The number of amides is 1. The predicted octanol–water partition coefficient (Wildman–Crippen LogP) is 5.13. The van der Waals surface area contributed by atoms with Crippen LogP contribution in [0, 0.1) is 0 Å². The highest BCUT2D eigenvalue weighted by molar-refractivity contribution is 7.23. The Hall–Kier alpha value is -2.95. The molecule has 1 saturated carbocycles. The van der Waals surface area contributed by atoms with E-state index in [0.29, 0.717) is 43.8 Å². The Labute approximate surface area is 236 Å². The van der Waals surface area contributed by atoms with Crippen LogP contribution < -0.4 is 5.73 Å². The molecule has 2 fully saturated rings. The van der Waals surface area contributed by atoms with Crippen LogP contribution in [0.2, 0.25) is 0 Å². The third-order valence-electron chi connectivity index (χ3n) is 7.94. The molecule has 4 N–H and O–H groups in total. The summed E-state index contributed by atoms with van der Waals surface area (Å²) in [6.45, 7) is 4.44. The van der Waals surface area contributed by atoms with Gasteiger partial charge in [-0.3, -0.25) is 4.79 Å². The maximum Gasteiger partial charge on any atom is 0.219 e. The lowest BCUT2D eigenvalue weighted by Gasteiger charge is -2.49. The van der Waals surface area contributed by atoms with Crippen LogP contribution in [0.25, 0.3) is 31.6 Å². The first-order valence-electron chi connectivity index (χ1n) is 13.2. The van der Waals surface area contributed by atoms with E-state index in [2.05, 4.69) is 29.2 Å². The third kappa shape index (κ3) is 4.94. The van der Waals surface area contributed by atoms with Crippen LogP contribution in [-0.2, 0) is 15.9 Å². The molecule has 1 amide bonds. The van der Waals surface area contributed by atoms with Gasteiger partial charge < -0.3 is 20.8 Å². The Morgan fingerprint density at radius 2 is 1.64 bits per heavy atom. The molecule has 9 heteroatoms. The first-order chi connectivity index (χ1) is 18.6. The second kappa shape index (κ2) is 9.60. The van der Waals surface area contributed by atoms with E-state index in [4.69, 9.17) is 10.7 Å². The monoisotopic (exact) mass is 560 g/mol. The molecule has 1 saturated heterocycles. The van der Waals surface area contributed by atoms with Crippen molar-refractivity contribution in [1.82, 2.24) is 14.9 Å². The van der Waals surface area contributed by atoms with E-state index < -0.39 is 16.7 Å². The number of thiazole rings is 2. The summed E-state index contributed by atoms with van der Waals surface area (Å²) in [4.78, 5) is 25.2. The molecule has 202 valence electrons. The Morgan fingerprint density at radius 3 is 2.26 bits per heavy atom. The second-order valence-corrected chi connectivity index (χ2v) is 13.2. The fraction of sp³-hybridized carbons (Fsp3) is 0.367. The molecule has 4 aromatic rings. The number of hydrogen-bond acceptors (Lipinski definition) is 8. The van der Waals surface area contributed by atoms with Crippen LogP contribution >= 0.6 is 22.7 Å². The van der Waals surface area contributed by atoms with E-state index in [1.54, 1.807) is 29.4 Å². The number of carbonyl (C=O) groups is 1. The maximum absolute atomic E-state index is 11.7. The fourth-order valence-corrected chi connectivity index (χ4v) is 8.07. The van der Waals surface area contributed by atoms with Gasteiger partial charge in [0.1, 0.15) is 15.6 Å². The number of nitrogens with zero attached hydrogens (tertiary/aromatic N) is 3. The Bertz CT molecular complexity index is 1490. The molecule has 0 bridgehead atoms. The van der Waals surface area contributed by atoms with E-state index in [1.165, 1.54) is 11.3 Å². The number of aromatic nitrogens is 2. The van der Waals surface area contributed by atoms with Gasteiger partial charge in [-0.15, -0.1) is 22.7 Å². The van der Waals surface area contributed by atoms with E-state index in [0.717, 1.165) is 37.1 Å². The van der Waals surface area contributed by atoms with Gasteiger partial charge >= 0.3 is 0 Å². The van der Waals surface area contributed by atoms with Crippen molar-refractivity contribution in [3.05, 3.63) is 71.4 Å². The summed E-state index contributed by atoms with van der Waals surface area (Å²) >= 11 is 3.09. The first-order valence-corrected chi connectivity index (χ1v) is 14.8. The van der Waals surface area contributed by atoms with Crippen LogP contribution in [-0.4, -0.2) is 49.7 Å². The number of hydrogen-bond donors (Lipinski definition) is 3. The molecule has 0 radical (unpaired) electrons. The highest BCUT2D eigenvalue weighted by Crippen LogP contribution is 2.47. The third-order valence-corrected chi connectivity index (χ3v) is 10.4. The normalized spacial score (nSPS) is 24.4. The molecule has 6 rings (SSSR count). The number of carbonyl (C=O) groups excluding carboxylic acids is 1. The molecule has 2 aliphatic rings.